The van der Waals surface area contributed by atoms with Gasteiger partial charge in [0.1, 0.15) is 5.82 Å². The van der Waals surface area contributed by atoms with Crippen LogP contribution in [0.25, 0.3) is 16.3 Å². The molecular formula is C26H20F3N5O3. The number of aromatic nitrogens is 4. The number of carbonyl (C=O) groups is 2. The largest absolute Gasteiger partial charge is 0.490 e. The molecule has 0 aliphatic rings. The minimum atomic E-state index is -5.08. The van der Waals surface area contributed by atoms with E-state index in [0.29, 0.717) is 18.7 Å². The Labute approximate surface area is 208 Å². The Kier molecular flexibility index (Phi) is 7.42. The zero-order chi connectivity index (χ0) is 26.4. The van der Waals surface area contributed by atoms with Crippen molar-refractivity contribution in [2.75, 3.05) is 0 Å². The van der Waals surface area contributed by atoms with Crippen molar-refractivity contribution in [3.63, 3.8) is 0 Å². The zero-order valence-electron chi connectivity index (χ0n) is 19.2. The number of aliphatic carboxylic acids is 1. The van der Waals surface area contributed by atoms with Gasteiger partial charge in [-0.2, -0.15) is 13.2 Å². The molecule has 37 heavy (non-hydrogen) atoms. The monoisotopic (exact) mass is 507 g/mol. The maximum absolute atomic E-state index is 13.0. The lowest BCUT2D eigenvalue weighted by molar-refractivity contribution is -0.192. The molecule has 0 saturated carbocycles. The Bertz CT molecular complexity index is 1550. The molecule has 188 valence electrons. The average molecular weight is 507 g/mol. The van der Waals surface area contributed by atoms with Crippen molar-refractivity contribution in [2.45, 2.75) is 19.1 Å². The number of halogens is 3. The number of imidazole rings is 1. The van der Waals surface area contributed by atoms with Crippen molar-refractivity contribution in [3.8, 4) is 0 Å². The molecule has 1 aromatic carbocycles. The number of carboxylic acids is 1. The highest BCUT2D eigenvalue weighted by atomic mass is 19.4. The van der Waals surface area contributed by atoms with Crippen LogP contribution in [0.4, 0.5) is 13.2 Å². The van der Waals surface area contributed by atoms with Crippen molar-refractivity contribution >= 4 is 28.2 Å². The van der Waals surface area contributed by atoms with Crippen LogP contribution >= 0.6 is 0 Å². The van der Waals surface area contributed by atoms with E-state index < -0.39 is 12.1 Å². The smallest absolute Gasteiger partial charge is 0.475 e. The van der Waals surface area contributed by atoms with Crippen LogP contribution in [-0.4, -0.2) is 42.5 Å². The molecule has 2 N–H and O–H groups in total. The van der Waals surface area contributed by atoms with Crippen molar-refractivity contribution in [1.82, 2.24) is 24.7 Å². The molecule has 5 rings (SSSR count). The van der Waals surface area contributed by atoms with Crippen LogP contribution in [0.3, 0.4) is 0 Å². The van der Waals surface area contributed by atoms with Crippen LogP contribution in [0.1, 0.15) is 27.6 Å². The van der Waals surface area contributed by atoms with Crippen molar-refractivity contribution in [3.05, 3.63) is 108 Å². The number of carbonyl (C=O) groups excluding carboxylic acids is 1. The number of amides is 1. The minimum absolute atomic E-state index is 0.217. The molecule has 0 spiro atoms. The van der Waals surface area contributed by atoms with Gasteiger partial charge >= 0.3 is 12.1 Å². The number of hydrogen-bond donors (Lipinski definition) is 2. The minimum Gasteiger partial charge on any atom is -0.475 e. The third-order valence-electron chi connectivity index (χ3n) is 5.34. The summed E-state index contributed by atoms with van der Waals surface area (Å²) in [5, 5.41) is 12.2. The summed E-state index contributed by atoms with van der Waals surface area (Å²) in [5.74, 6) is -2.18. The number of fused-ring (bicyclic) bond motifs is 2. The van der Waals surface area contributed by atoms with Gasteiger partial charge in [0.25, 0.3) is 5.91 Å². The highest BCUT2D eigenvalue weighted by Gasteiger charge is 2.38. The Morgan fingerprint density at radius 2 is 1.73 bits per heavy atom. The Morgan fingerprint density at radius 1 is 0.973 bits per heavy atom. The fraction of sp³-hybridized carbons (Fsp3) is 0.115. The van der Waals surface area contributed by atoms with Crippen molar-refractivity contribution in [1.29, 1.82) is 0 Å². The van der Waals surface area contributed by atoms with E-state index in [9.17, 15) is 18.0 Å². The van der Waals surface area contributed by atoms with Crippen LogP contribution in [0.2, 0.25) is 0 Å². The molecule has 0 aliphatic carbocycles. The summed E-state index contributed by atoms with van der Waals surface area (Å²) < 4.78 is 33.7. The second kappa shape index (κ2) is 10.9. The van der Waals surface area contributed by atoms with Gasteiger partial charge in [-0.15, -0.1) is 0 Å². The Hall–Kier alpha value is -4.80. The van der Waals surface area contributed by atoms with Crippen LogP contribution < -0.4 is 5.32 Å². The quantitative estimate of drug-likeness (QED) is 0.364. The number of nitrogens with zero attached hydrogens (tertiary/aromatic N) is 4. The molecule has 0 saturated heterocycles. The highest BCUT2D eigenvalue weighted by molar-refractivity contribution is 5.99. The van der Waals surface area contributed by atoms with Gasteiger partial charge in [0.15, 0.2) is 5.69 Å². The second-order valence-corrected chi connectivity index (χ2v) is 7.83. The molecule has 0 unspecified atom stereocenters. The Morgan fingerprint density at radius 3 is 2.46 bits per heavy atom. The summed E-state index contributed by atoms with van der Waals surface area (Å²) in [6.07, 6.45) is 2.76. The van der Waals surface area contributed by atoms with E-state index in [0.717, 1.165) is 33.4 Å². The van der Waals surface area contributed by atoms with Gasteiger partial charge < -0.3 is 14.8 Å². The molecule has 0 bridgehead atoms. The number of rotatable bonds is 5. The number of hydrogen-bond acceptors (Lipinski definition) is 5. The molecule has 0 aliphatic heterocycles. The standard InChI is InChI=1S/C24H19N5O.C2HF3O2/c30-24(27-16-20-19-8-2-1-7-18(19)10-12-26-20)23-21-9-3-4-13-29(21)22(28-23)14-17-6-5-11-25-15-17;3-2(4,5)1(6)7/h1-13,15H,14,16H2,(H,27,30);(H,6,7). The van der Waals surface area contributed by atoms with Gasteiger partial charge in [-0.05, 0) is 35.2 Å². The van der Waals surface area contributed by atoms with Crippen LogP contribution in [0, 0.1) is 0 Å². The summed E-state index contributed by atoms with van der Waals surface area (Å²) in [6.45, 7) is 0.337. The Balaban J connectivity index is 0.000000405. The third-order valence-corrected chi connectivity index (χ3v) is 5.34. The normalized spacial score (nSPS) is 11.1. The average Bonchev–Trinajstić information content (AvgIpc) is 3.26. The highest BCUT2D eigenvalue weighted by Crippen LogP contribution is 2.18. The van der Waals surface area contributed by atoms with Gasteiger partial charge in [-0.3, -0.25) is 14.8 Å². The van der Waals surface area contributed by atoms with E-state index >= 15 is 0 Å². The van der Waals surface area contributed by atoms with Gasteiger partial charge in [-0.1, -0.05) is 36.4 Å². The molecule has 0 fully saturated rings. The van der Waals surface area contributed by atoms with E-state index in [1.165, 1.54) is 0 Å². The summed E-state index contributed by atoms with van der Waals surface area (Å²) in [5.41, 5.74) is 3.07. The molecule has 11 heteroatoms. The third kappa shape index (κ3) is 6.07. The molecule has 0 atom stereocenters. The van der Waals surface area contributed by atoms with E-state index in [1.54, 1.807) is 12.4 Å². The zero-order valence-corrected chi connectivity index (χ0v) is 19.2. The first-order valence-corrected chi connectivity index (χ1v) is 11.0. The van der Waals surface area contributed by atoms with Crippen LogP contribution in [-0.2, 0) is 17.8 Å². The molecule has 1 amide bonds. The summed E-state index contributed by atoms with van der Waals surface area (Å²) in [4.78, 5) is 35.2. The first kappa shape index (κ1) is 25.3. The van der Waals surface area contributed by atoms with Gasteiger partial charge in [0, 0.05) is 36.6 Å². The number of nitrogens with one attached hydrogen (secondary N) is 1. The van der Waals surface area contributed by atoms with Gasteiger partial charge in [0.2, 0.25) is 0 Å². The number of benzene rings is 1. The second-order valence-electron chi connectivity index (χ2n) is 7.83. The van der Waals surface area contributed by atoms with Crippen LogP contribution in [0.15, 0.2) is 85.5 Å². The molecule has 4 aromatic heterocycles. The van der Waals surface area contributed by atoms with Crippen LogP contribution in [0.5, 0.6) is 0 Å². The predicted octanol–water partition coefficient (Wildman–Crippen LogP) is 4.43. The lowest BCUT2D eigenvalue weighted by atomic mass is 10.1. The van der Waals surface area contributed by atoms with E-state index in [2.05, 4.69) is 20.3 Å². The van der Waals surface area contributed by atoms with Gasteiger partial charge in [-0.25, -0.2) is 9.78 Å². The molecule has 4 heterocycles. The first-order chi connectivity index (χ1) is 17.7. The maximum Gasteiger partial charge on any atom is 0.490 e. The summed E-state index contributed by atoms with van der Waals surface area (Å²) >= 11 is 0. The fourth-order valence-electron chi connectivity index (χ4n) is 3.65. The van der Waals surface area contributed by atoms with Crippen molar-refractivity contribution < 1.29 is 27.9 Å². The SMILES string of the molecule is O=C(NCc1nccc2ccccc12)c1nc(Cc2cccnc2)n2ccccc12.O=C(O)C(F)(F)F. The molecule has 8 nitrogen and oxygen atoms in total. The maximum atomic E-state index is 13.0. The topological polar surface area (TPSA) is 109 Å². The number of alkyl halides is 3. The van der Waals surface area contributed by atoms with E-state index in [-0.39, 0.29) is 5.91 Å². The van der Waals surface area contributed by atoms with Gasteiger partial charge in [0.05, 0.1) is 17.8 Å². The molecule has 0 radical (unpaired) electrons. The summed E-state index contributed by atoms with van der Waals surface area (Å²) in [7, 11) is 0. The lowest BCUT2D eigenvalue weighted by Gasteiger charge is -2.07. The lowest BCUT2D eigenvalue weighted by Crippen LogP contribution is -2.24. The molecule has 5 aromatic rings. The van der Waals surface area contributed by atoms with E-state index in [1.807, 2.05) is 77.5 Å². The first-order valence-electron chi connectivity index (χ1n) is 11.0. The fourth-order valence-corrected chi connectivity index (χ4v) is 3.65. The van der Waals surface area contributed by atoms with E-state index in [4.69, 9.17) is 9.90 Å². The predicted molar refractivity (Wildman–Crippen MR) is 129 cm³/mol. The number of pyridine rings is 3. The summed E-state index contributed by atoms with van der Waals surface area (Å²) in [6, 6.07) is 19.6. The molecular weight excluding hydrogens is 487 g/mol. The van der Waals surface area contributed by atoms with Crippen molar-refractivity contribution in [2.24, 2.45) is 0 Å². The number of carboxylic acid groups (broad SMARTS) is 1.